The zero-order chi connectivity index (χ0) is 17.0. The fourth-order valence-corrected chi connectivity index (χ4v) is 2.31. The van der Waals surface area contributed by atoms with E-state index in [0.29, 0.717) is 11.3 Å². The summed E-state index contributed by atoms with van der Waals surface area (Å²) in [6.07, 6.45) is -1.69. The van der Waals surface area contributed by atoms with E-state index in [0.717, 1.165) is 4.90 Å². The number of nitrogens with zero attached hydrogens (tertiary/aromatic N) is 2. The Bertz CT molecular complexity index is 604. The maximum Gasteiger partial charge on any atom is 0.411 e. The maximum atomic E-state index is 11.9. The summed E-state index contributed by atoms with van der Waals surface area (Å²) in [5.74, 6) is -0.178. The van der Waals surface area contributed by atoms with Gasteiger partial charge in [0.05, 0.1) is 7.11 Å². The van der Waals surface area contributed by atoms with Crippen molar-refractivity contribution in [2.75, 3.05) is 20.3 Å². The minimum Gasteiger partial charge on any atom is -0.497 e. The number of hydrogen-bond acceptors (Lipinski definition) is 7. The van der Waals surface area contributed by atoms with Gasteiger partial charge in [-0.1, -0.05) is 12.1 Å². The minimum atomic E-state index is -1.08. The zero-order valence-corrected chi connectivity index (χ0v) is 12.2. The first-order valence-corrected chi connectivity index (χ1v) is 6.62. The third kappa shape index (κ3) is 3.59. The van der Waals surface area contributed by atoms with Crippen LogP contribution in [0.15, 0.2) is 24.3 Å². The monoisotopic (exact) mass is 325 g/mol. The van der Waals surface area contributed by atoms with E-state index in [9.17, 15) is 19.7 Å². The van der Waals surface area contributed by atoms with E-state index in [2.05, 4.69) is 4.84 Å². The van der Waals surface area contributed by atoms with E-state index in [4.69, 9.17) is 15.2 Å². The quantitative estimate of drug-likeness (QED) is 0.561. The van der Waals surface area contributed by atoms with Gasteiger partial charge in [0, 0.05) is 6.54 Å². The van der Waals surface area contributed by atoms with Gasteiger partial charge in [-0.05, 0) is 17.7 Å². The minimum absolute atomic E-state index is 0.194. The molecule has 10 nitrogen and oxygen atoms in total. The lowest BCUT2D eigenvalue weighted by Gasteiger charge is -2.21. The van der Waals surface area contributed by atoms with Crippen molar-refractivity contribution in [3.8, 4) is 5.75 Å². The molecule has 0 radical (unpaired) electrons. The molecule has 1 aliphatic heterocycles. The van der Waals surface area contributed by atoms with E-state index in [1.165, 1.54) is 7.11 Å². The highest BCUT2D eigenvalue weighted by Gasteiger charge is 2.45. The number of cyclic esters (lactones) is 1. The Morgan fingerprint density at radius 2 is 2.09 bits per heavy atom. The molecule has 0 saturated carbocycles. The third-order valence-electron chi connectivity index (χ3n) is 3.35. The van der Waals surface area contributed by atoms with Crippen LogP contribution in [0.5, 0.6) is 5.75 Å². The van der Waals surface area contributed by atoms with E-state index < -0.39 is 29.2 Å². The Kier molecular flexibility index (Phi) is 4.84. The van der Waals surface area contributed by atoms with Crippen LogP contribution in [0.25, 0.3) is 0 Å². The van der Waals surface area contributed by atoms with Crippen LogP contribution >= 0.6 is 0 Å². The predicted molar refractivity (Wildman–Crippen MR) is 74.9 cm³/mol. The molecular formula is C13H15N3O7. The van der Waals surface area contributed by atoms with E-state index in [-0.39, 0.29) is 13.2 Å². The maximum absolute atomic E-state index is 11.9. The number of rotatable bonds is 7. The number of ether oxygens (including phenoxy) is 2. The Morgan fingerprint density at radius 1 is 1.43 bits per heavy atom. The summed E-state index contributed by atoms with van der Waals surface area (Å²) < 4.78 is 10.2. The van der Waals surface area contributed by atoms with Crippen molar-refractivity contribution in [3.05, 3.63) is 39.9 Å². The molecule has 2 amide bonds. The molecule has 1 saturated heterocycles. The molecule has 1 aliphatic rings. The standard InChI is InChI=1S/C13H15N3O7/c1-21-9-4-2-8(3-5-9)11-10(12(14)17)15(13(18)23-11)6-7-22-16(19)20/h2-5,10-11H,6-7H2,1H3,(H2,14,17). The lowest BCUT2D eigenvalue weighted by molar-refractivity contribution is -0.757. The largest absolute Gasteiger partial charge is 0.497 e. The molecule has 23 heavy (non-hydrogen) atoms. The molecule has 2 N–H and O–H groups in total. The zero-order valence-electron chi connectivity index (χ0n) is 12.2. The summed E-state index contributed by atoms with van der Waals surface area (Å²) in [6.45, 7) is -0.582. The number of nitrogens with two attached hydrogens (primary N) is 1. The summed E-state index contributed by atoms with van der Waals surface area (Å²) in [5, 5.41) is 9.18. The normalized spacial score (nSPS) is 20.0. The van der Waals surface area contributed by atoms with Crippen molar-refractivity contribution in [3.63, 3.8) is 0 Å². The second-order valence-corrected chi connectivity index (χ2v) is 4.67. The third-order valence-corrected chi connectivity index (χ3v) is 3.35. The SMILES string of the molecule is COc1ccc(C2OC(=O)N(CCO[N+](=O)[O-])C2C(N)=O)cc1. The van der Waals surface area contributed by atoms with Gasteiger partial charge in [-0.25, -0.2) is 4.79 Å². The molecule has 10 heteroatoms. The van der Waals surface area contributed by atoms with Gasteiger partial charge in [0.1, 0.15) is 12.4 Å². The number of carbonyl (C=O) groups excluding carboxylic acids is 2. The van der Waals surface area contributed by atoms with Crippen molar-refractivity contribution < 1.29 is 29.0 Å². The van der Waals surface area contributed by atoms with Gasteiger partial charge in [0.2, 0.25) is 5.91 Å². The number of amides is 2. The predicted octanol–water partition coefficient (Wildman–Crippen LogP) is 0.251. The highest BCUT2D eigenvalue weighted by atomic mass is 16.9. The number of hydrogen-bond donors (Lipinski definition) is 1. The molecule has 0 bridgehead atoms. The highest BCUT2D eigenvalue weighted by Crippen LogP contribution is 2.33. The Labute approximate surface area is 130 Å². The Balaban J connectivity index is 2.17. The first kappa shape index (κ1) is 16.3. The van der Waals surface area contributed by atoms with Crippen LogP contribution in [0.3, 0.4) is 0 Å². The number of benzene rings is 1. The van der Waals surface area contributed by atoms with Crippen molar-refractivity contribution in [1.82, 2.24) is 4.90 Å². The summed E-state index contributed by atoms with van der Waals surface area (Å²) in [7, 11) is 1.51. The lowest BCUT2D eigenvalue weighted by atomic mass is 10.0. The van der Waals surface area contributed by atoms with E-state index in [1.54, 1.807) is 24.3 Å². The molecule has 0 aliphatic carbocycles. The summed E-state index contributed by atoms with van der Waals surface area (Å²) in [5.41, 5.74) is 5.91. The second-order valence-electron chi connectivity index (χ2n) is 4.67. The molecule has 1 aromatic rings. The van der Waals surface area contributed by atoms with Crippen LogP contribution in [-0.2, 0) is 14.4 Å². The molecule has 1 aromatic carbocycles. The van der Waals surface area contributed by atoms with Crippen molar-refractivity contribution >= 4 is 12.0 Å². The van der Waals surface area contributed by atoms with Crippen LogP contribution in [-0.4, -0.2) is 48.3 Å². The van der Waals surface area contributed by atoms with Crippen molar-refractivity contribution in [2.45, 2.75) is 12.1 Å². The number of primary amides is 1. The Morgan fingerprint density at radius 3 is 2.61 bits per heavy atom. The highest BCUT2D eigenvalue weighted by molar-refractivity contribution is 5.87. The Hall–Kier alpha value is -3.04. The van der Waals surface area contributed by atoms with Crippen molar-refractivity contribution in [2.24, 2.45) is 5.73 Å². The summed E-state index contributed by atoms with van der Waals surface area (Å²) in [6, 6.07) is 5.51. The van der Waals surface area contributed by atoms with Gasteiger partial charge in [0.25, 0.3) is 5.09 Å². The van der Waals surface area contributed by atoms with Crippen LogP contribution in [0.4, 0.5) is 4.79 Å². The fraction of sp³-hybridized carbons (Fsp3) is 0.385. The first-order valence-electron chi connectivity index (χ1n) is 6.62. The molecule has 1 fully saturated rings. The lowest BCUT2D eigenvalue weighted by Crippen LogP contribution is -2.45. The van der Waals surface area contributed by atoms with Gasteiger partial charge in [0.15, 0.2) is 12.1 Å². The number of methoxy groups -OCH3 is 1. The molecule has 1 heterocycles. The molecule has 2 rings (SSSR count). The van der Waals surface area contributed by atoms with Gasteiger partial charge in [-0.15, -0.1) is 10.1 Å². The summed E-state index contributed by atoms with van der Waals surface area (Å²) in [4.78, 5) is 39.0. The van der Waals surface area contributed by atoms with Gasteiger partial charge >= 0.3 is 6.09 Å². The van der Waals surface area contributed by atoms with Gasteiger partial charge in [-0.3, -0.25) is 9.69 Å². The van der Waals surface area contributed by atoms with Crippen molar-refractivity contribution in [1.29, 1.82) is 0 Å². The molecule has 0 spiro atoms. The topological polar surface area (TPSA) is 134 Å². The molecule has 2 atom stereocenters. The molecule has 124 valence electrons. The first-order chi connectivity index (χ1) is 10.9. The second kappa shape index (κ2) is 6.81. The van der Waals surface area contributed by atoms with Crippen LogP contribution < -0.4 is 10.5 Å². The molecule has 0 aromatic heterocycles. The average molecular weight is 325 g/mol. The average Bonchev–Trinajstić information content (AvgIpc) is 2.84. The van der Waals surface area contributed by atoms with Crippen LogP contribution in [0.2, 0.25) is 0 Å². The van der Waals surface area contributed by atoms with Crippen LogP contribution in [0.1, 0.15) is 11.7 Å². The molecule has 2 unspecified atom stereocenters. The fourth-order valence-electron chi connectivity index (χ4n) is 2.31. The smallest absolute Gasteiger partial charge is 0.411 e. The van der Waals surface area contributed by atoms with Gasteiger partial charge < -0.3 is 20.0 Å². The van der Waals surface area contributed by atoms with E-state index in [1.807, 2.05) is 0 Å². The molecular weight excluding hydrogens is 310 g/mol. The number of carbonyl (C=O) groups is 2. The van der Waals surface area contributed by atoms with Crippen LogP contribution in [0, 0.1) is 10.1 Å². The van der Waals surface area contributed by atoms with Gasteiger partial charge in [-0.2, -0.15) is 0 Å². The summed E-state index contributed by atoms with van der Waals surface area (Å²) >= 11 is 0. The van der Waals surface area contributed by atoms with E-state index >= 15 is 0 Å².